The van der Waals surface area contributed by atoms with E-state index in [1.54, 1.807) is 7.11 Å². The molecule has 130 valence electrons. The molecule has 5 heteroatoms. The number of β-amino-alcohol motifs (C(OH)–C–C–N with tert-alkyl or cyclic N) is 1. The lowest BCUT2D eigenvalue weighted by molar-refractivity contribution is -0.236. The van der Waals surface area contributed by atoms with Crippen molar-refractivity contribution in [2.24, 2.45) is 5.92 Å². The van der Waals surface area contributed by atoms with Crippen molar-refractivity contribution >= 4 is 27.8 Å². The van der Waals surface area contributed by atoms with Crippen LogP contribution in [0.1, 0.15) is 24.8 Å². The van der Waals surface area contributed by atoms with Gasteiger partial charge in [-0.25, -0.2) is 0 Å². The maximum absolute atomic E-state index is 10.9. The Morgan fingerprint density at radius 2 is 1.92 bits per heavy atom. The number of benzene rings is 2. The zero-order valence-electron chi connectivity index (χ0n) is 13.8. The maximum atomic E-state index is 10.9. The van der Waals surface area contributed by atoms with Crippen LogP contribution < -0.4 is 10.1 Å². The monoisotopic (exact) mass is 393 g/mol. The molecule has 0 spiro atoms. The number of nitrogens with one attached hydrogen (secondary N) is 1. The molecule has 1 saturated heterocycles. The fraction of sp³-hybridized carbons (Fsp3) is 0.474. The van der Waals surface area contributed by atoms with Gasteiger partial charge in [0.2, 0.25) is 5.79 Å². The van der Waals surface area contributed by atoms with Gasteiger partial charge in [0.25, 0.3) is 0 Å². The summed E-state index contributed by atoms with van der Waals surface area (Å²) in [5.41, 5.74) is 0.801. The van der Waals surface area contributed by atoms with Crippen LogP contribution >= 0.6 is 17.0 Å². The summed E-state index contributed by atoms with van der Waals surface area (Å²) in [6, 6.07) is 12.3. The van der Waals surface area contributed by atoms with E-state index < -0.39 is 5.79 Å². The quantitative estimate of drug-likeness (QED) is 0.839. The molecule has 2 N–H and O–H groups in total. The van der Waals surface area contributed by atoms with Crippen LogP contribution in [-0.2, 0) is 10.5 Å². The van der Waals surface area contributed by atoms with Crippen molar-refractivity contribution in [3.63, 3.8) is 0 Å². The third-order valence-electron chi connectivity index (χ3n) is 5.32. The largest absolute Gasteiger partial charge is 0.497 e. The standard InChI is InChI=1S/C19H23NO3.BrH/c1-22-17-8-6-14-9-16(7-5-15(14)10-17)19(21)12-20-18(11-23-19)13-3-2-4-13;/h5-10,13,18,20-21H,2-4,11-12H2,1H3;1H. The van der Waals surface area contributed by atoms with Crippen LogP contribution in [0.5, 0.6) is 5.75 Å². The molecule has 4 rings (SSSR count). The average Bonchev–Trinajstić information content (AvgIpc) is 2.54. The van der Waals surface area contributed by atoms with Gasteiger partial charge in [0.05, 0.1) is 20.3 Å². The number of morpholine rings is 1. The number of rotatable bonds is 3. The molecule has 2 aromatic carbocycles. The number of hydrogen-bond acceptors (Lipinski definition) is 4. The van der Waals surface area contributed by atoms with Gasteiger partial charge in [-0.3, -0.25) is 0 Å². The van der Waals surface area contributed by atoms with Crippen molar-refractivity contribution in [1.29, 1.82) is 0 Å². The van der Waals surface area contributed by atoms with E-state index in [0.29, 0.717) is 25.1 Å². The van der Waals surface area contributed by atoms with Gasteiger partial charge in [0, 0.05) is 11.6 Å². The second-order valence-electron chi connectivity index (χ2n) is 6.70. The molecule has 0 aromatic heterocycles. The minimum atomic E-state index is -1.24. The van der Waals surface area contributed by atoms with Crippen LogP contribution in [0.3, 0.4) is 0 Å². The van der Waals surface area contributed by atoms with E-state index in [2.05, 4.69) is 5.32 Å². The minimum Gasteiger partial charge on any atom is -0.497 e. The summed E-state index contributed by atoms with van der Waals surface area (Å²) in [6.07, 6.45) is 3.87. The molecule has 2 aromatic rings. The van der Waals surface area contributed by atoms with Gasteiger partial charge in [0.15, 0.2) is 0 Å². The number of halogens is 1. The highest BCUT2D eigenvalue weighted by Crippen LogP contribution is 2.35. The van der Waals surface area contributed by atoms with E-state index in [0.717, 1.165) is 22.1 Å². The molecule has 2 aliphatic rings. The van der Waals surface area contributed by atoms with Crippen molar-refractivity contribution < 1.29 is 14.6 Å². The molecule has 2 fully saturated rings. The highest BCUT2D eigenvalue weighted by Gasteiger charge is 2.39. The van der Waals surface area contributed by atoms with E-state index in [9.17, 15) is 5.11 Å². The molecule has 1 aliphatic heterocycles. The Bertz CT molecular complexity index is 709. The lowest BCUT2D eigenvalue weighted by Gasteiger charge is -2.42. The molecule has 0 radical (unpaired) electrons. The molecule has 1 aliphatic carbocycles. The minimum absolute atomic E-state index is 0. The van der Waals surface area contributed by atoms with Crippen molar-refractivity contribution in [1.82, 2.24) is 5.32 Å². The second-order valence-corrected chi connectivity index (χ2v) is 6.70. The number of ether oxygens (including phenoxy) is 2. The highest BCUT2D eigenvalue weighted by molar-refractivity contribution is 8.93. The van der Waals surface area contributed by atoms with Crippen LogP contribution in [0.4, 0.5) is 0 Å². The first-order chi connectivity index (χ1) is 11.2. The van der Waals surface area contributed by atoms with Crippen LogP contribution in [0, 0.1) is 5.92 Å². The highest BCUT2D eigenvalue weighted by atomic mass is 79.9. The second kappa shape index (κ2) is 7.00. The topological polar surface area (TPSA) is 50.7 Å². The Hall–Kier alpha value is -1.14. The van der Waals surface area contributed by atoms with Gasteiger partial charge in [-0.05, 0) is 47.7 Å². The Morgan fingerprint density at radius 1 is 1.17 bits per heavy atom. The van der Waals surface area contributed by atoms with E-state index in [4.69, 9.17) is 9.47 Å². The van der Waals surface area contributed by atoms with Crippen molar-refractivity contribution in [2.75, 3.05) is 20.3 Å². The van der Waals surface area contributed by atoms with Crippen molar-refractivity contribution in [2.45, 2.75) is 31.1 Å². The maximum Gasteiger partial charge on any atom is 0.205 e. The Morgan fingerprint density at radius 3 is 2.54 bits per heavy atom. The number of aliphatic hydroxyl groups is 1. The SMILES string of the molecule is Br.COc1ccc2cc(C3(O)CNC(C4CCC4)CO3)ccc2c1. The Balaban J connectivity index is 0.00000169. The zero-order valence-corrected chi connectivity index (χ0v) is 15.5. The van der Waals surface area contributed by atoms with Crippen LogP contribution in [0.2, 0.25) is 0 Å². The summed E-state index contributed by atoms with van der Waals surface area (Å²) in [5, 5.41) is 16.5. The molecule has 0 amide bonds. The van der Waals surface area contributed by atoms with Crippen LogP contribution in [0.15, 0.2) is 36.4 Å². The first-order valence-corrected chi connectivity index (χ1v) is 8.36. The van der Waals surface area contributed by atoms with E-state index in [1.807, 2.05) is 36.4 Å². The fourth-order valence-corrected chi connectivity index (χ4v) is 3.53. The zero-order chi connectivity index (χ0) is 15.9. The average molecular weight is 394 g/mol. The summed E-state index contributed by atoms with van der Waals surface area (Å²) in [5.74, 6) is 0.306. The predicted octanol–water partition coefficient (Wildman–Crippen LogP) is 3.36. The molecular formula is C19H24BrNO3. The van der Waals surface area contributed by atoms with E-state index in [1.165, 1.54) is 19.3 Å². The molecule has 4 nitrogen and oxygen atoms in total. The van der Waals surface area contributed by atoms with Gasteiger partial charge in [-0.2, -0.15) is 0 Å². The number of methoxy groups -OCH3 is 1. The smallest absolute Gasteiger partial charge is 0.205 e. The van der Waals surface area contributed by atoms with Crippen molar-refractivity contribution in [3.05, 3.63) is 42.0 Å². The van der Waals surface area contributed by atoms with Gasteiger partial charge in [0.1, 0.15) is 5.75 Å². The fourth-order valence-electron chi connectivity index (χ4n) is 3.53. The summed E-state index contributed by atoms with van der Waals surface area (Å²) < 4.78 is 11.1. The molecule has 1 saturated carbocycles. The Kier molecular flexibility index (Phi) is 5.16. The summed E-state index contributed by atoms with van der Waals surface area (Å²) in [4.78, 5) is 0. The van der Waals surface area contributed by atoms with Crippen molar-refractivity contribution in [3.8, 4) is 5.75 Å². The summed E-state index contributed by atoms with van der Waals surface area (Å²) >= 11 is 0. The van der Waals surface area contributed by atoms with Gasteiger partial charge in [-0.15, -0.1) is 17.0 Å². The normalized spacial score (nSPS) is 27.3. The molecule has 1 heterocycles. The van der Waals surface area contributed by atoms with Gasteiger partial charge in [-0.1, -0.05) is 24.6 Å². The predicted molar refractivity (Wildman–Crippen MR) is 99.8 cm³/mol. The van der Waals surface area contributed by atoms with E-state index in [-0.39, 0.29) is 17.0 Å². The van der Waals surface area contributed by atoms with Crippen LogP contribution in [-0.4, -0.2) is 31.4 Å². The number of hydrogen-bond donors (Lipinski definition) is 2. The van der Waals surface area contributed by atoms with Crippen LogP contribution in [0.25, 0.3) is 10.8 Å². The summed E-state index contributed by atoms with van der Waals surface area (Å²) in [6.45, 7) is 1.01. The third-order valence-corrected chi connectivity index (χ3v) is 5.32. The molecule has 24 heavy (non-hydrogen) atoms. The summed E-state index contributed by atoms with van der Waals surface area (Å²) in [7, 11) is 1.66. The lowest BCUT2D eigenvalue weighted by atomic mass is 9.79. The first-order valence-electron chi connectivity index (χ1n) is 8.36. The van der Waals surface area contributed by atoms with E-state index >= 15 is 0 Å². The lowest BCUT2D eigenvalue weighted by Crippen LogP contribution is -2.56. The molecular weight excluding hydrogens is 370 g/mol. The third kappa shape index (κ3) is 3.18. The Labute approximate surface area is 152 Å². The first kappa shape index (κ1) is 17.7. The molecule has 0 bridgehead atoms. The molecule has 2 unspecified atom stereocenters. The molecule has 2 atom stereocenters. The van der Waals surface area contributed by atoms with Gasteiger partial charge >= 0.3 is 0 Å². The van der Waals surface area contributed by atoms with Gasteiger partial charge < -0.3 is 19.9 Å². The number of fused-ring (bicyclic) bond motifs is 1.